The Balaban J connectivity index is 2.85. The van der Waals surface area contributed by atoms with E-state index in [1.807, 2.05) is 0 Å². The third-order valence-corrected chi connectivity index (χ3v) is 2.54. The number of carbonyl (C=O) groups is 1. The van der Waals surface area contributed by atoms with Crippen molar-refractivity contribution in [1.82, 2.24) is 0 Å². The normalized spacial score (nSPS) is 11.2. The monoisotopic (exact) mass is 265 g/mol. The molecule has 0 aliphatic rings. The maximum absolute atomic E-state index is 10.8. The molecule has 0 unspecified atom stereocenters. The zero-order valence-corrected chi connectivity index (χ0v) is 10.8. The first-order chi connectivity index (χ1) is 8.95. The number of ether oxygens (including phenoxy) is 1. The fourth-order valence-electron chi connectivity index (χ4n) is 1.50. The Morgan fingerprint density at radius 2 is 2.21 bits per heavy atom. The highest BCUT2D eigenvalue weighted by molar-refractivity contribution is 5.86. The standard InChI is InChI=1S/C13H15NO5/c1-3-10(13(15)16)6-7-19-12-8-9(2)4-5-11(12)14(17)18/h4-6,8H,3,7H2,1-2H3,(H,15,16). The molecule has 0 saturated carbocycles. The van der Waals surface area contributed by atoms with Gasteiger partial charge >= 0.3 is 11.7 Å². The smallest absolute Gasteiger partial charge is 0.331 e. The van der Waals surface area contributed by atoms with Crippen LogP contribution < -0.4 is 4.74 Å². The first kappa shape index (κ1) is 14.7. The number of hydrogen-bond acceptors (Lipinski definition) is 4. The molecule has 0 radical (unpaired) electrons. The van der Waals surface area contributed by atoms with Gasteiger partial charge in [0, 0.05) is 11.6 Å². The maximum atomic E-state index is 10.8. The molecule has 0 aliphatic heterocycles. The van der Waals surface area contributed by atoms with Crippen LogP contribution in [-0.2, 0) is 4.79 Å². The van der Waals surface area contributed by atoms with Crippen LogP contribution in [0.4, 0.5) is 5.69 Å². The number of benzene rings is 1. The third-order valence-electron chi connectivity index (χ3n) is 2.54. The maximum Gasteiger partial charge on any atom is 0.331 e. The zero-order valence-electron chi connectivity index (χ0n) is 10.8. The second-order valence-electron chi connectivity index (χ2n) is 3.93. The van der Waals surface area contributed by atoms with Crippen molar-refractivity contribution in [3.63, 3.8) is 0 Å². The predicted molar refractivity (Wildman–Crippen MR) is 69.3 cm³/mol. The second kappa shape index (κ2) is 6.53. The minimum absolute atomic E-state index is 0.0141. The largest absolute Gasteiger partial charge is 0.483 e. The Bertz CT molecular complexity index is 522. The molecule has 0 bridgehead atoms. The summed E-state index contributed by atoms with van der Waals surface area (Å²) in [5.74, 6) is -0.869. The number of carboxylic acid groups (broad SMARTS) is 1. The van der Waals surface area contributed by atoms with Gasteiger partial charge in [0.15, 0.2) is 5.75 Å². The van der Waals surface area contributed by atoms with Crippen LogP contribution in [0, 0.1) is 17.0 Å². The van der Waals surface area contributed by atoms with Crippen molar-refractivity contribution in [2.24, 2.45) is 0 Å². The van der Waals surface area contributed by atoms with Crippen molar-refractivity contribution in [1.29, 1.82) is 0 Å². The minimum Gasteiger partial charge on any atom is -0.483 e. The molecule has 0 atom stereocenters. The number of hydrogen-bond donors (Lipinski definition) is 1. The van der Waals surface area contributed by atoms with E-state index in [1.165, 1.54) is 12.1 Å². The van der Waals surface area contributed by atoms with Gasteiger partial charge in [0.25, 0.3) is 0 Å². The van der Waals surface area contributed by atoms with E-state index in [9.17, 15) is 14.9 Å². The van der Waals surface area contributed by atoms with Crippen molar-refractivity contribution >= 4 is 11.7 Å². The number of aryl methyl sites for hydroxylation is 1. The Labute approximate surface area is 110 Å². The molecule has 1 N–H and O–H groups in total. The van der Waals surface area contributed by atoms with Gasteiger partial charge in [0.2, 0.25) is 0 Å². The van der Waals surface area contributed by atoms with Crippen molar-refractivity contribution in [3.8, 4) is 5.75 Å². The fourth-order valence-corrected chi connectivity index (χ4v) is 1.50. The number of rotatable bonds is 6. The van der Waals surface area contributed by atoms with Crippen molar-refractivity contribution in [2.75, 3.05) is 6.61 Å². The fraction of sp³-hybridized carbons (Fsp3) is 0.308. The minimum atomic E-state index is -1.01. The molecule has 0 aromatic heterocycles. The van der Waals surface area contributed by atoms with E-state index in [0.29, 0.717) is 6.42 Å². The summed E-state index contributed by atoms with van der Waals surface area (Å²) in [6.07, 6.45) is 1.78. The van der Waals surface area contributed by atoms with E-state index in [-0.39, 0.29) is 23.6 Å². The van der Waals surface area contributed by atoms with Gasteiger partial charge in [-0.25, -0.2) is 4.79 Å². The molecule has 6 heteroatoms. The van der Waals surface area contributed by atoms with Crippen LogP contribution >= 0.6 is 0 Å². The van der Waals surface area contributed by atoms with E-state index < -0.39 is 10.9 Å². The van der Waals surface area contributed by atoms with Gasteiger partial charge in [-0.3, -0.25) is 10.1 Å². The molecule has 0 amide bonds. The summed E-state index contributed by atoms with van der Waals surface area (Å²) in [5, 5.41) is 19.6. The molecule has 0 saturated heterocycles. The van der Waals surface area contributed by atoms with Crippen LogP contribution in [-0.4, -0.2) is 22.6 Å². The molecule has 0 spiro atoms. The summed E-state index contributed by atoms with van der Waals surface area (Å²) in [4.78, 5) is 21.0. The molecular formula is C13H15NO5. The van der Waals surface area contributed by atoms with Crippen molar-refractivity contribution in [2.45, 2.75) is 20.3 Å². The van der Waals surface area contributed by atoms with Gasteiger partial charge in [-0.2, -0.15) is 0 Å². The SMILES string of the molecule is CCC(=CCOc1cc(C)ccc1[N+](=O)[O-])C(=O)O. The van der Waals surface area contributed by atoms with Gasteiger partial charge in [-0.15, -0.1) is 0 Å². The lowest BCUT2D eigenvalue weighted by molar-refractivity contribution is -0.385. The Morgan fingerprint density at radius 1 is 1.53 bits per heavy atom. The van der Waals surface area contributed by atoms with Crippen LogP contribution in [0.25, 0.3) is 0 Å². The lowest BCUT2D eigenvalue weighted by atomic mass is 10.2. The summed E-state index contributed by atoms with van der Waals surface area (Å²) in [7, 11) is 0. The Hall–Kier alpha value is -2.37. The van der Waals surface area contributed by atoms with E-state index in [1.54, 1.807) is 26.0 Å². The van der Waals surface area contributed by atoms with Crippen LogP contribution in [0.3, 0.4) is 0 Å². The molecule has 1 aromatic carbocycles. The molecule has 102 valence electrons. The molecule has 1 aromatic rings. The first-order valence-electron chi connectivity index (χ1n) is 5.75. The first-order valence-corrected chi connectivity index (χ1v) is 5.75. The predicted octanol–water partition coefficient (Wildman–Crippen LogP) is 2.70. The number of nitro groups is 1. The number of aliphatic carboxylic acids is 1. The average Bonchev–Trinajstić information content (AvgIpc) is 2.33. The van der Waals surface area contributed by atoms with Gasteiger partial charge in [-0.05, 0) is 31.1 Å². The molecule has 1 rings (SSSR count). The van der Waals surface area contributed by atoms with E-state index in [2.05, 4.69) is 0 Å². The lowest BCUT2D eigenvalue weighted by Gasteiger charge is -2.06. The average molecular weight is 265 g/mol. The lowest BCUT2D eigenvalue weighted by Crippen LogP contribution is -2.04. The Kier molecular flexibility index (Phi) is 5.05. The summed E-state index contributed by atoms with van der Waals surface area (Å²) in [6.45, 7) is 3.50. The molecular weight excluding hydrogens is 250 g/mol. The van der Waals surface area contributed by atoms with Crippen molar-refractivity contribution < 1.29 is 19.6 Å². The molecule has 0 fully saturated rings. The zero-order chi connectivity index (χ0) is 14.4. The van der Waals surface area contributed by atoms with Gasteiger partial charge in [0.05, 0.1) is 4.92 Å². The molecule has 19 heavy (non-hydrogen) atoms. The van der Waals surface area contributed by atoms with Crippen LogP contribution in [0.5, 0.6) is 5.75 Å². The number of nitrogens with zero attached hydrogens (tertiary/aromatic N) is 1. The van der Waals surface area contributed by atoms with Crippen LogP contribution in [0.15, 0.2) is 29.8 Å². The van der Waals surface area contributed by atoms with Crippen LogP contribution in [0.1, 0.15) is 18.9 Å². The van der Waals surface area contributed by atoms with Gasteiger partial charge in [0.1, 0.15) is 6.61 Å². The summed E-state index contributed by atoms with van der Waals surface area (Å²) in [6, 6.07) is 4.54. The number of carboxylic acids is 1. The summed E-state index contributed by atoms with van der Waals surface area (Å²) >= 11 is 0. The third kappa shape index (κ3) is 4.09. The number of nitro benzene ring substituents is 1. The Morgan fingerprint density at radius 3 is 2.74 bits per heavy atom. The quantitative estimate of drug-likeness (QED) is 0.485. The highest BCUT2D eigenvalue weighted by Gasteiger charge is 2.14. The highest BCUT2D eigenvalue weighted by atomic mass is 16.6. The molecule has 6 nitrogen and oxygen atoms in total. The summed E-state index contributed by atoms with van der Waals surface area (Å²) in [5.41, 5.74) is 0.918. The molecule has 0 aliphatic carbocycles. The summed E-state index contributed by atoms with van der Waals surface area (Å²) < 4.78 is 5.28. The van der Waals surface area contributed by atoms with Gasteiger partial charge in [-0.1, -0.05) is 13.0 Å². The van der Waals surface area contributed by atoms with E-state index >= 15 is 0 Å². The molecule has 0 heterocycles. The highest BCUT2D eigenvalue weighted by Crippen LogP contribution is 2.27. The van der Waals surface area contributed by atoms with E-state index in [0.717, 1.165) is 5.56 Å². The van der Waals surface area contributed by atoms with Crippen molar-refractivity contribution in [3.05, 3.63) is 45.5 Å². The van der Waals surface area contributed by atoms with Crippen LogP contribution in [0.2, 0.25) is 0 Å². The van der Waals surface area contributed by atoms with E-state index in [4.69, 9.17) is 9.84 Å². The van der Waals surface area contributed by atoms with Gasteiger partial charge < -0.3 is 9.84 Å². The second-order valence-corrected chi connectivity index (χ2v) is 3.93. The topological polar surface area (TPSA) is 89.7 Å².